The minimum Gasteiger partial charge on any atom is -0.355 e. The van der Waals surface area contributed by atoms with E-state index in [9.17, 15) is 0 Å². The topological polar surface area (TPSA) is 12.0 Å². The van der Waals surface area contributed by atoms with E-state index in [1.54, 1.807) is 0 Å². The van der Waals surface area contributed by atoms with Crippen LogP contribution in [0.1, 0.15) is 79.0 Å². The second-order valence-corrected chi connectivity index (χ2v) is 13.4. The van der Waals surface area contributed by atoms with Crippen molar-refractivity contribution in [2.45, 2.75) is 78.6 Å². The van der Waals surface area contributed by atoms with E-state index in [4.69, 9.17) is 0 Å². The van der Waals surface area contributed by atoms with Gasteiger partial charge in [0.1, 0.15) is 0 Å². The Labute approximate surface area is 225 Å². The molecule has 0 aliphatic carbocycles. The van der Waals surface area contributed by atoms with Gasteiger partial charge in [-0.2, -0.15) is 0 Å². The molecule has 0 atom stereocenters. The first-order chi connectivity index (χ1) is 17.2. The molecule has 0 fully saturated rings. The summed E-state index contributed by atoms with van der Waals surface area (Å²) in [4.78, 5) is 0. The van der Waals surface area contributed by atoms with E-state index < -0.39 is 0 Å². The minimum absolute atomic E-state index is 0.0826. The highest BCUT2D eigenvalue weighted by molar-refractivity contribution is 5.82. The van der Waals surface area contributed by atoms with Crippen LogP contribution in [0.2, 0.25) is 0 Å². The standard InChI is InChI=1S/C36H43N/c1-34(2,3)28-18-14-25(15-19-28)26-16-20-31(21-17-26)37-33-13-11-10-12-32(33)27-22-29(35(4,5)6)24-30(23-27)36(7,8)9/h10-24,37H,1-9H3. The van der Waals surface area contributed by atoms with Crippen LogP contribution in [-0.2, 0) is 16.2 Å². The largest absolute Gasteiger partial charge is 0.355 e. The van der Waals surface area contributed by atoms with Gasteiger partial charge in [0.05, 0.1) is 0 Å². The zero-order valence-electron chi connectivity index (χ0n) is 24.2. The van der Waals surface area contributed by atoms with E-state index in [2.05, 4.69) is 159 Å². The van der Waals surface area contributed by atoms with Gasteiger partial charge in [-0.05, 0) is 67.8 Å². The van der Waals surface area contributed by atoms with Gasteiger partial charge in [0, 0.05) is 16.9 Å². The van der Waals surface area contributed by atoms with Gasteiger partial charge in [0.2, 0.25) is 0 Å². The summed E-state index contributed by atoms with van der Waals surface area (Å²) >= 11 is 0. The Morgan fingerprint density at radius 1 is 0.432 bits per heavy atom. The third kappa shape index (κ3) is 6.34. The van der Waals surface area contributed by atoms with Crippen LogP contribution in [0.25, 0.3) is 22.3 Å². The Kier molecular flexibility index (Phi) is 7.12. The fourth-order valence-electron chi connectivity index (χ4n) is 4.56. The highest BCUT2D eigenvalue weighted by atomic mass is 14.9. The predicted octanol–water partition coefficient (Wildman–Crippen LogP) is 10.7. The Hall–Kier alpha value is -3.32. The van der Waals surface area contributed by atoms with Gasteiger partial charge >= 0.3 is 0 Å². The Balaban J connectivity index is 1.65. The summed E-state index contributed by atoms with van der Waals surface area (Å²) in [5, 5.41) is 3.70. The van der Waals surface area contributed by atoms with Gasteiger partial charge in [0.25, 0.3) is 0 Å². The van der Waals surface area contributed by atoms with Crippen LogP contribution in [0.15, 0.2) is 91.0 Å². The first-order valence-corrected chi connectivity index (χ1v) is 13.5. The number of nitrogens with one attached hydrogen (secondary N) is 1. The second kappa shape index (κ2) is 9.86. The van der Waals surface area contributed by atoms with Crippen LogP contribution < -0.4 is 5.32 Å². The Morgan fingerprint density at radius 2 is 0.892 bits per heavy atom. The van der Waals surface area contributed by atoms with Gasteiger partial charge in [0.15, 0.2) is 0 Å². The van der Waals surface area contributed by atoms with E-state index in [0.29, 0.717) is 0 Å². The molecule has 0 aliphatic rings. The summed E-state index contributed by atoms with van der Waals surface area (Å²) in [6.45, 7) is 20.5. The lowest BCUT2D eigenvalue weighted by Gasteiger charge is -2.26. The average molecular weight is 490 g/mol. The maximum Gasteiger partial charge on any atom is 0.0463 e. The van der Waals surface area contributed by atoms with E-state index in [0.717, 1.165) is 11.4 Å². The summed E-state index contributed by atoms with van der Waals surface area (Å²) in [6.07, 6.45) is 0. The fraction of sp³-hybridized carbons (Fsp3) is 0.333. The third-order valence-corrected chi connectivity index (χ3v) is 7.15. The number of para-hydroxylation sites is 1. The molecule has 0 aliphatic heterocycles. The molecular weight excluding hydrogens is 446 g/mol. The summed E-state index contributed by atoms with van der Waals surface area (Å²) < 4.78 is 0. The molecule has 4 aromatic rings. The van der Waals surface area contributed by atoms with Crippen molar-refractivity contribution in [3.63, 3.8) is 0 Å². The van der Waals surface area contributed by atoms with Gasteiger partial charge in [-0.1, -0.05) is 135 Å². The molecule has 0 unspecified atom stereocenters. The van der Waals surface area contributed by atoms with Crippen molar-refractivity contribution in [3.8, 4) is 22.3 Å². The summed E-state index contributed by atoms with van der Waals surface area (Å²) in [7, 11) is 0. The summed E-state index contributed by atoms with van der Waals surface area (Å²) in [6, 6.07) is 33.4. The molecule has 0 saturated carbocycles. The number of benzene rings is 4. The molecule has 0 heterocycles. The zero-order valence-corrected chi connectivity index (χ0v) is 24.2. The molecule has 0 bridgehead atoms. The van der Waals surface area contributed by atoms with Crippen molar-refractivity contribution in [2.75, 3.05) is 5.32 Å². The highest BCUT2D eigenvalue weighted by Crippen LogP contribution is 2.37. The van der Waals surface area contributed by atoms with Gasteiger partial charge < -0.3 is 5.32 Å². The minimum atomic E-state index is 0.0826. The monoisotopic (exact) mass is 489 g/mol. The van der Waals surface area contributed by atoms with Gasteiger partial charge in [-0.25, -0.2) is 0 Å². The molecule has 0 aromatic heterocycles. The average Bonchev–Trinajstić information content (AvgIpc) is 2.83. The lowest BCUT2D eigenvalue weighted by atomic mass is 9.79. The number of rotatable bonds is 4. The summed E-state index contributed by atoms with van der Waals surface area (Å²) in [5.74, 6) is 0. The lowest BCUT2D eigenvalue weighted by Crippen LogP contribution is -2.16. The van der Waals surface area contributed by atoms with Crippen molar-refractivity contribution in [1.82, 2.24) is 0 Å². The molecular formula is C36H43N. The lowest BCUT2D eigenvalue weighted by molar-refractivity contribution is 0.569. The molecule has 0 saturated heterocycles. The van der Waals surface area contributed by atoms with E-state index in [1.165, 1.54) is 38.9 Å². The SMILES string of the molecule is CC(C)(C)c1ccc(-c2ccc(Nc3ccccc3-c3cc(C(C)(C)C)cc(C(C)(C)C)c3)cc2)cc1. The molecule has 192 valence electrons. The Morgan fingerprint density at radius 3 is 1.38 bits per heavy atom. The molecule has 1 N–H and O–H groups in total. The van der Waals surface area contributed by atoms with Crippen molar-refractivity contribution in [2.24, 2.45) is 0 Å². The number of hydrogen-bond donors (Lipinski definition) is 1. The summed E-state index contributed by atoms with van der Waals surface area (Å²) in [5.41, 5.74) is 11.6. The van der Waals surface area contributed by atoms with E-state index in [-0.39, 0.29) is 16.2 Å². The maximum atomic E-state index is 3.70. The van der Waals surface area contributed by atoms with Crippen LogP contribution in [0.4, 0.5) is 11.4 Å². The highest BCUT2D eigenvalue weighted by Gasteiger charge is 2.21. The van der Waals surface area contributed by atoms with Crippen LogP contribution in [0, 0.1) is 0 Å². The first kappa shape index (κ1) is 26.7. The van der Waals surface area contributed by atoms with Crippen molar-refractivity contribution in [3.05, 3.63) is 108 Å². The van der Waals surface area contributed by atoms with E-state index >= 15 is 0 Å². The van der Waals surface area contributed by atoms with E-state index in [1.807, 2.05) is 0 Å². The maximum absolute atomic E-state index is 3.70. The zero-order chi connectivity index (χ0) is 27.0. The molecule has 4 rings (SSSR count). The van der Waals surface area contributed by atoms with Crippen molar-refractivity contribution in [1.29, 1.82) is 0 Å². The fourth-order valence-corrected chi connectivity index (χ4v) is 4.56. The van der Waals surface area contributed by atoms with Crippen molar-refractivity contribution >= 4 is 11.4 Å². The molecule has 1 heteroatoms. The van der Waals surface area contributed by atoms with Crippen molar-refractivity contribution < 1.29 is 0 Å². The number of anilines is 2. The molecule has 0 spiro atoms. The molecule has 37 heavy (non-hydrogen) atoms. The van der Waals surface area contributed by atoms with Crippen LogP contribution >= 0.6 is 0 Å². The normalized spacial score (nSPS) is 12.5. The Bertz CT molecular complexity index is 1320. The van der Waals surface area contributed by atoms with Gasteiger partial charge in [-0.15, -0.1) is 0 Å². The van der Waals surface area contributed by atoms with Crippen LogP contribution in [0.3, 0.4) is 0 Å². The predicted molar refractivity (Wildman–Crippen MR) is 163 cm³/mol. The first-order valence-electron chi connectivity index (χ1n) is 13.5. The molecule has 1 nitrogen and oxygen atoms in total. The molecule has 0 radical (unpaired) electrons. The second-order valence-electron chi connectivity index (χ2n) is 13.4. The smallest absolute Gasteiger partial charge is 0.0463 e. The van der Waals surface area contributed by atoms with Gasteiger partial charge in [-0.3, -0.25) is 0 Å². The van der Waals surface area contributed by atoms with Crippen LogP contribution in [0.5, 0.6) is 0 Å². The third-order valence-electron chi connectivity index (χ3n) is 7.15. The molecule has 0 amide bonds. The molecule has 4 aromatic carbocycles. The number of hydrogen-bond acceptors (Lipinski definition) is 1. The van der Waals surface area contributed by atoms with Crippen LogP contribution in [-0.4, -0.2) is 0 Å². The quantitative estimate of drug-likeness (QED) is 0.300.